The number of ether oxygens (including phenoxy) is 1. The molecule has 2 aromatic heterocycles. The van der Waals surface area contributed by atoms with Crippen LogP contribution in [0.1, 0.15) is 0 Å². The van der Waals surface area contributed by atoms with E-state index in [1.165, 1.54) is 6.07 Å². The van der Waals surface area contributed by atoms with Crippen LogP contribution in [-0.4, -0.2) is 27.7 Å². The number of hydrogen-bond acceptors (Lipinski definition) is 4. The quantitative estimate of drug-likeness (QED) is 0.555. The highest BCUT2D eigenvalue weighted by molar-refractivity contribution is 7.98. The van der Waals surface area contributed by atoms with Crippen molar-refractivity contribution in [2.75, 3.05) is 13.4 Å². The molecule has 0 bridgehead atoms. The van der Waals surface area contributed by atoms with Crippen molar-refractivity contribution in [2.24, 2.45) is 0 Å². The number of methoxy groups -OCH3 is 1. The molecule has 2 heterocycles. The minimum Gasteiger partial charge on any atom is -0.497 e. The molecule has 0 amide bonds. The van der Waals surface area contributed by atoms with Gasteiger partial charge in [0.1, 0.15) is 11.4 Å². The highest BCUT2D eigenvalue weighted by Gasteiger charge is 2.18. The summed E-state index contributed by atoms with van der Waals surface area (Å²) in [5.74, 6) is 1.32. The third-order valence-corrected chi connectivity index (χ3v) is 5.04. The number of aromatic amines is 1. The number of nitrogens with one attached hydrogen (secondary N) is 1. The number of imidazole rings is 1. The Kier molecular flexibility index (Phi) is 4.26. The van der Waals surface area contributed by atoms with Crippen LogP contribution >= 0.6 is 11.8 Å². The van der Waals surface area contributed by atoms with Crippen molar-refractivity contribution in [1.82, 2.24) is 14.4 Å². The van der Waals surface area contributed by atoms with Crippen molar-refractivity contribution >= 4 is 17.5 Å². The van der Waals surface area contributed by atoms with Gasteiger partial charge >= 0.3 is 0 Å². The van der Waals surface area contributed by atoms with E-state index < -0.39 is 0 Å². The van der Waals surface area contributed by atoms with Crippen LogP contribution in [0.15, 0.2) is 70.5 Å². The van der Waals surface area contributed by atoms with Crippen LogP contribution in [0.25, 0.3) is 28.3 Å². The molecule has 4 aromatic rings. The fourth-order valence-corrected chi connectivity index (χ4v) is 3.61. The Bertz CT molecular complexity index is 1130. The maximum Gasteiger partial charge on any atom is 0.252 e. The molecule has 0 saturated carbocycles. The van der Waals surface area contributed by atoms with Gasteiger partial charge in [-0.15, -0.1) is 11.8 Å². The first-order valence-corrected chi connectivity index (χ1v) is 9.33. The molecule has 0 atom stereocenters. The zero-order chi connectivity index (χ0) is 18.1. The number of nitrogens with zero attached hydrogens (tertiary/aromatic N) is 2. The zero-order valence-electron chi connectivity index (χ0n) is 14.4. The van der Waals surface area contributed by atoms with E-state index in [4.69, 9.17) is 9.72 Å². The smallest absolute Gasteiger partial charge is 0.252 e. The van der Waals surface area contributed by atoms with E-state index in [0.29, 0.717) is 5.78 Å². The van der Waals surface area contributed by atoms with Gasteiger partial charge in [0.2, 0.25) is 5.78 Å². The molecule has 0 aliphatic carbocycles. The van der Waals surface area contributed by atoms with Crippen molar-refractivity contribution in [2.45, 2.75) is 4.90 Å². The minimum atomic E-state index is -0.173. The largest absolute Gasteiger partial charge is 0.497 e. The summed E-state index contributed by atoms with van der Waals surface area (Å²) in [4.78, 5) is 20.4. The first-order valence-electron chi connectivity index (χ1n) is 8.10. The average molecular weight is 363 g/mol. The van der Waals surface area contributed by atoms with E-state index in [9.17, 15) is 4.79 Å². The SMILES string of the molecule is COc1ccc(-c2c(-c3ccccc3SC)nc3[nH]c(=O)ccn23)cc1. The van der Waals surface area contributed by atoms with Crippen molar-refractivity contribution in [3.05, 3.63) is 71.1 Å². The van der Waals surface area contributed by atoms with E-state index in [1.54, 1.807) is 25.1 Å². The molecule has 0 saturated heterocycles. The summed E-state index contributed by atoms with van der Waals surface area (Å²) in [6.45, 7) is 0. The summed E-state index contributed by atoms with van der Waals surface area (Å²) in [6.07, 6.45) is 3.80. The van der Waals surface area contributed by atoms with Crippen LogP contribution in [0.3, 0.4) is 0 Å². The van der Waals surface area contributed by atoms with Gasteiger partial charge in [-0.3, -0.25) is 14.2 Å². The van der Waals surface area contributed by atoms with Crippen LogP contribution in [0.2, 0.25) is 0 Å². The summed E-state index contributed by atoms with van der Waals surface area (Å²) in [6, 6.07) is 17.5. The number of rotatable bonds is 4. The van der Waals surface area contributed by atoms with Gasteiger partial charge in [-0.2, -0.15) is 0 Å². The fraction of sp³-hybridized carbons (Fsp3) is 0.100. The second-order valence-electron chi connectivity index (χ2n) is 5.74. The number of fused-ring (bicyclic) bond motifs is 1. The number of aromatic nitrogens is 3. The van der Waals surface area contributed by atoms with E-state index in [1.807, 2.05) is 47.1 Å². The Hall–Kier alpha value is -2.99. The van der Waals surface area contributed by atoms with Gasteiger partial charge < -0.3 is 4.74 Å². The topological polar surface area (TPSA) is 59.4 Å². The second-order valence-corrected chi connectivity index (χ2v) is 6.58. The maximum absolute atomic E-state index is 11.8. The lowest BCUT2D eigenvalue weighted by atomic mass is 10.0. The molecule has 2 aromatic carbocycles. The maximum atomic E-state index is 11.8. The number of benzene rings is 2. The Morgan fingerprint density at radius 1 is 1.08 bits per heavy atom. The molecule has 6 heteroatoms. The van der Waals surface area contributed by atoms with Crippen LogP contribution in [0.5, 0.6) is 5.75 Å². The number of hydrogen-bond donors (Lipinski definition) is 1. The Morgan fingerprint density at radius 2 is 1.85 bits per heavy atom. The molecule has 0 radical (unpaired) electrons. The van der Waals surface area contributed by atoms with E-state index in [0.717, 1.165) is 33.2 Å². The minimum absolute atomic E-state index is 0.173. The predicted octanol–water partition coefficient (Wildman–Crippen LogP) is 4.09. The van der Waals surface area contributed by atoms with E-state index in [-0.39, 0.29) is 5.56 Å². The highest BCUT2D eigenvalue weighted by Crippen LogP contribution is 2.37. The van der Waals surface area contributed by atoms with Gasteiger partial charge in [-0.25, -0.2) is 4.98 Å². The Labute approximate surface area is 154 Å². The van der Waals surface area contributed by atoms with Crippen molar-refractivity contribution < 1.29 is 4.74 Å². The summed E-state index contributed by atoms with van der Waals surface area (Å²) < 4.78 is 7.18. The van der Waals surface area contributed by atoms with Gasteiger partial charge in [0.15, 0.2) is 0 Å². The van der Waals surface area contributed by atoms with Crippen LogP contribution in [0.4, 0.5) is 0 Å². The molecular weight excluding hydrogens is 346 g/mol. The van der Waals surface area contributed by atoms with E-state index in [2.05, 4.69) is 17.1 Å². The molecule has 0 fully saturated rings. The van der Waals surface area contributed by atoms with Crippen molar-refractivity contribution in [3.63, 3.8) is 0 Å². The summed E-state index contributed by atoms with van der Waals surface area (Å²) in [5.41, 5.74) is 3.63. The lowest BCUT2D eigenvalue weighted by molar-refractivity contribution is 0.415. The van der Waals surface area contributed by atoms with Gasteiger partial charge in [0.25, 0.3) is 5.56 Å². The van der Waals surface area contributed by atoms with Gasteiger partial charge in [-0.05, 0) is 36.6 Å². The molecule has 130 valence electrons. The molecule has 0 spiro atoms. The summed E-state index contributed by atoms with van der Waals surface area (Å²) >= 11 is 1.67. The van der Waals surface area contributed by atoms with E-state index >= 15 is 0 Å². The van der Waals surface area contributed by atoms with Crippen LogP contribution in [0, 0.1) is 0 Å². The lowest BCUT2D eigenvalue weighted by Gasteiger charge is -2.09. The number of thioether (sulfide) groups is 1. The molecule has 5 nitrogen and oxygen atoms in total. The second kappa shape index (κ2) is 6.72. The highest BCUT2D eigenvalue weighted by atomic mass is 32.2. The van der Waals surface area contributed by atoms with Gasteiger partial charge in [0.05, 0.1) is 12.8 Å². The molecule has 1 N–H and O–H groups in total. The van der Waals surface area contributed by atoms with Crippen LogP contribution < -0.4 is 10.3 Å². The van der Waals surface area contributed by atoms with Crippen LogP contribution in [-0.2, 0) is 0 Å². The first-order chi connectivity index (χ1) is 12.7. The third-order valence-electron chi connectivity index (χ3n) is 4.25. The predicted molar refractivity (Wildman–Crippen MR) is 105 cm³/mol. The normalized spacial score (nSPS) is 11.0. The van der Waals surface area contributed by atoms with Gasteiger partial charge in [0, 0.05) is 28.3 Å². The Morgan fingerprint density at radius 3 is 2.58 bits per heavy atom. The molecule has 0 aliphatic rings. The standard InChI is InChI=1S/C20H17N3O2S/c1-25-14-9-7-13(8-10-14)19-18(15-5-3-4-6-16(15)26-2)22-20-21-17(24)11-12-23(19)20/h3-12H,1-2H3,(H,21,22,24). The monoisotopic (exact) mass is 363 g/mol. The molecular formula is C20H17N3O2S. The summed E-state index contributed by atoms with van der Waals surface area (Å²) in [5, 5.41) is 0. The number of H-pyrrole nitrogens is 1. The summed E-state index contributed by atoms with van der Waals surface area (Å²) in [7, 11) is 1.65. The third kappa shape index (κ3) is 2.78. The zero-order valence-corrected chi connectivity index (χ0v) is 15.2. The molecule has 0 aliphatic heterocycles. The Balaban J connectivity index is 2.04. The average Bonchev–Trinajstić information content (AvgIpc) is 3.06. The van der Waals surface area contributed by atoms with Crippen molar-refractivity contribution in [3.8, 4) is 28.3 Å². The molecule has 0 unspecified atom stereocenters. The molecule has 4 rings (SSSR count). The first kappa shape index (κ1) is 16.5. The van der Waals surface area contributed by atoms with Gasteiger partial charge in [-0.1, -0.05) is 18.2 Å². The lowest BCUT2D eigenvalue weighted by Crippen LogP contribution is -2.06. The van der Waals surface area contributed by atoms with Crippen molar-refractivity contribution in [1.29, 1.82) is 0 Å². The fourth-order valence-electron chi connectivity index (χ4n) is 3.01. The molecule has 26 heavy (non-hydrogen) atoms.